The lowest BCUT2D eigenvalue weighted by molar-refractivity contribution is -0.383. The van der Waals surface area contributed by atoms with Crippen LogP contribution in [0.3, 0.4) is 0 Å². The van der Waals surface area contributed by atoms with Gasteiger partial charge in [-0.15, -0.1) is 0 Å². The molecule has 2 aliphatic carbocycles. The topological polar surface area (TPSA) is 145 Å². The molecule has 11 nitrogen and oxygen atoms in total. The largest absolute Gasteiger partial charge is 0.497 e. The van der Waals surface area contributed by atoms with Crippen molar-refractivity contribution in [2.45, 2.75) is 19.3 Å². The molecule has 4 atom stereocenters. The number of nitrogens with one attached hydrogen (secondary N) is 1. The maximum Gasteiger partial charge on any atom is 0.338 e. The van der Waals surface area contributed by atoms with Crippen molar-refractivity contribution in [1.82, 2.24) is 0 Å². The molecule has 3 fully saturated rings. The second-order valence-corrected chi connectivity index (χ2v) is 9.21. The van der Waals surface area contributed by atoms with Gasteiger partial charge < -0.3 is 14.8 Å². The summed E-state index contributed by atoms with van der Waals surface area (Å²) in [5.74, 6) is -1.85. The molecule has 1 saturated heterocycles. The molecule has 5 rings (SSSR count). The third-order valence-electron chi connectivity index (χ3n) is 7.28. The minimum absolute atomic E-state index is 0.0632. The Morgan fingerprint density at radius 3 is 2.42 bits per heavy atom. The molecule has 1 heterocycles. The number of fused-ring (bicyclic) bond motifs is 5. The average molecular weight is 493 g/mol. The van der Waals surface area contributed by atoms with Crippen molar-refractivity contribution >= 4 is 40.8 Å². The first-order valence-corrected chi connectivity index (χ1v) is 11.6. The van der Waals surface area contributed by atoms with Crippen LogP contribution in [0.15, 0.2) is 42.5 Å². The quantitative estimate of drug-likeness (QED) is 0.268. The van der Waals surface area contributed by atoms with Crippen molar-refractivity contribution < 1.29 is 33.6 Å². The Morgan fingerprint density at radius 2 is 1.78 bits per heavy atom. The Hall–Kier alpha value is -4.28. The van der Waals surface area contributed by atoms with E-state index in [1.54, 1.807) is 6.07 Å². The number of carbonyl (C=O) groups is 4. The van der Waals surface area contributed by atoms with Crippen LogP contribution in [0.1, 0.15) is 29.6 Å². The van der Waals surface area contributed by atoms with Gasteiger partial charge in [-0.1, -0.05) is 6.07 Å². The maximum absolute atomic E-state index is 13.1. The van der Waals surface area contributed by atoms with Crippen molar-refractivity contribution in [3.63, 3.8) is 0 Å². The summed E-state index contributed by atoms with van der Waals surface area (Å²) in [5, 5.41) is 13.6. The molecule has 186 valence electrons. The molecule has 1 N–H and O–H groups in total. The highest BCUT2D eigenvalue weighted by molar-refractivity contribution is 6.22. The molecule has 2 aromatic carbocycles. The summed E-state index contributed by atoms with van der Waals surface area (Å²) >= 11 is 0. The van der Waals surface area contributed by atoms with Crippen LogP contribution < -0.4 is 15.0 Å². The molecule has 3 amide bonds. The predicted molar refractivity (Wildman–Crippen MR) is 125 cm³/mol. The zero-order valence-electron chi connectivity index (χ0n) is 19.3. The zero-order valence-corrected chi connectivity index (χ0v) is 19.3. The Kier molecular flexibility index (Phi) is 5.91. The predicted octanol–water partition coefficient (Wildman–Crippen LogP) is 2.93. The number of carbonyl (C=O) groups excluding carboxylic acids is 4. The van der Waals surface area contributed by atoms with Crippen LogP contribution in [0, 0.1) is 33.8 Å². The monoisotopic (exact) mass is 493 g/mol. The van der Waals surface area contributed by atoms with Gasteiger partial charge in [-0.3, -0.25) is 29.4 Å². The molecule has 0 spiro atoms. The zero-order chi connectivity index (χ0) is 25.6. The van der Waals surface area contributed by atoms with Crippen LogP contribution >= 0.6 is 0 Å². The van der Waals surface area contributed by atoms with E-state index in [0.717, 1.165) is 19.3 Å². The summed E-state index contributed by atoms with van der Waals surface area (Å²) in [4.78, 5) is 62.8. The number of nitro groups is 1. The fourth-order valence-corrected chi connectivity index (χ4v) is 5.74. The summed E-state index contributed by atoms with van der Waals surface area (Å²) in [6.07, 6.45) is 2.85. The minimum atomic E-state index is -0.841. The first kappa shape index (κ1) is 23.5. The summed E-state index contributed by atoms with van der Waals surface area (Å²) in [6.45, 7) is -0.702. The number of nitrogens with zero attached hydrogens (tertiary/aromatic N) is 2. The number of hydrogen-bond donors (Lipinski definition) is 1. The number of methoxy groups -OCH3 is 1. The number of esters is 1. The first-order valence-electron chi connectivity index (χ1n) is 11.6. The number of ether oxygens (including phenoxy) is 2. The van der Waals surface area contributed by atoms with Crippen LogP contribution in [0.4, 0.5) is 17.1 Å². The van der Waals surface area contributed by atoms with Gasteiger partial charge in [-0.05, 0) is 55.4 Å². The maximum atomic E-state index is 13.1. The Bertz CT molecular complexity index is 1260. The average Bonchev–Trinajstić information content (AvgIpc) is 3.55. The summed E-state index contributed by atoms with van der Waals surface area (Å²) in [7, 11) is 1.38. The second-order valence-electron chi connectivity index (χ2n) is 9.21. The molecule has 2 bridgehead atoms. The lowest BCUT2D eigenvalue weighted by atomic mass is 9.81. The van der Waals surface area contributed by atoms with Gasteiger partial charge in [0, 0.05) is 12.1 Å². The van der Waals surface area contributed by atoms with Gasteiger partial charge in [-0.2, -0.15) is 0 Å². The van der Waals surface area contributed by atoms with Gasteiger partial charge in [0.25, 0.3) is 11.6 Å². The molecular weight excluding hydrogens is 470 g/mol. The first-order chi connectivity index (χ1) is 17.3. The summed E-state index contributed by atoms with van der Waals surface area (Å²) < 4.78 is 10.1. The smallest absolute Gasteiger partial charge is 0.338 e. The Morgan fingerprint density at radius 1 is 1.08 bits per heavy atom. The fourth-order valence-electron chi connectivity index (χ4n) is 5.74. The molecule has 1 aliphatic heterocycles. The Balaban J connectivity index is 1.25. The van der Waals surface area contributed by atoms with Crippen molar-refractivity contribution in [2.24, 2.45) is 23.7 Å². The minimum Gasteiger partial charge on any atom is -0.497 e. The number of anilines is 2. The van der Waals surface area contributed by atoms with E-state index in [1.807, 2.05) is 0 Å². The van der Waals surface area contributed by atoms with Crippen LogP contribution in [0.25, 0.3) is 0 Å². The lowest BCUT2D eigenvalue weighted by Crippen LogP contribution is -2.32. The van der Waals surface area contributed by atoms with Gasteiger partial charge >= 0.3 is 5.97 Å². The van der Waals surface area contributed by atoms with Crippen molar-refractivity contribution in [2.75, 3.05) is 23.9 Å². The second kappa shape index (κ2) is 9.06. The number of hydrogen-bond acceptors (Lipinski definition) is 8. The third kappa shape index (κ3) is 3.96. The van der Waals surface area contributed by atoms with Crippen LogP contribution in [-0.2, 0) is 19.1 Å². The van der Waals surface area contributed by atoms with Gasteiger partial charge in [0.15, 0.2) is 6.61 Å². The molecule has 2 saturated carbocycles. The van der Waals surface area contributed by atoms with Gasteiger partial charge in [0.2, 0.25) is 11.8 Å². The van der Waals surface area contributed by atoms with Crippen molar-refractivity contribution in [1.29, 1.82) is 0 Å². The van der Waals surface area contributed by atoms with Crippen LogP contribution in [0.2, 0.25) is 0 Å². The highest BCUT2D eigenvalue weighted by Crippen LogP contribution is 2.56. The number of benzene rings is 2. The van der Waals surface area contributed by atoms with E-state index >= 15 is 0 Å². The van der Waals surface area contributed by atoms with Gasteiger partial charge in [0.1, 0.15) is 11.4 Å². The Labute approximate surface area is 205 Å². The standard InChI is InChI=1S/C25H23N3O8/c1-35-17-7-8-19(28(33)34)18(11-17)26-20(29)12-36-25(32)15-3-2-4-16(10-15)27-23(30)21-13-5-6-14(9-13)22(21)24(27)31/h2-4,7-8,10-11,13-14,21-22H,5-6,9,12H2,1H3,(H,26,29)/t13-,14-,21-,22+/m0/s1. The third-order valence-corrected chi connectivity index (χ3v) is 7.28. The highest BCUT2D eigenvalue weighted by atomic mass is 16.6. The molecular formula is C25H23N3O8. The number of nitro benzene ring substituents is 1. The molecule has 3 aliphatic rings. The molecule has 2 aromatic rings. The SMILES string of the molecule is COc1ccc([N+](=O)[O-])c(NC(=O)COC(=O)c2cccc(N3C(=O)[C@@H]4[C@H]5CC[C@@H](C5)[C@@H]4C3=O)c2)c1. The number of amides is 3. The van der Waals surface area contributed by atoms with Crippen LogP contribution in [0.5, 0.6) is 5.75 Å². The summed E-state index contributed by atoms with van der Waals surface area (Å²) in [6, 6.07) is 9.82. The molecule has 36 heavy (non-hydrogen) atoms. The summed E-state index contributed by atoms with van der Waals surface area (Å²) in [5.41, 5.74) is -0.0905. The van der Waals surface area contributed by atoms with E-state index in [-0.39, 0.29) is 52.4 Å². The van der Waals surface area contributed by atoms with Gasteiger partial charge in [-0.25, -0.2) is 4.79 Å². The highest BCUT2D eigenvalue weighted by Gasteiger charge is 2.61. The molecule has 0 aromatic heterocycles. The van der Waals surface area contributed by atoms with E-state index in [2.05, 4.69) is 5.32 Å². The van der Waals surface area contributed by atoms with Crippen molar-refractivity contribution in [3.05, 3.63) is 58.1 Å². The fraction of sp³-hybridized carbons (Fsp3) is 0.360. The van der Waals surface area contributed by atoms with Crippen LogP contribution in [-0.4, -0.2) is 42.3 Å². The van der Waals surface area contributed by atoms with E-state index in [1.165, 1.54) is 48.4 Å². The van der Waals surface area contributed by atoms with E-state index in [9.17, 15) is 29.3 Å². The van der Waals surface area contributed by atoms with E-state index in [0.29, 0.717) is 11.4 Å². The lowest BCUT2D eigenvalue weighted by Gasteiger charge is -2.19. The van der Waals surface area contributed by atoms with E-state index in [4.69, 9.17) is 9.47 Å². The normalized spacial score (nSPS) is 24.0. The molecule has 11 heteroatoms. The van der Waals surface area contributed by atoms with Crippen molar-refractivity contribution in [3.8, 4) is 5.75 Å². The number of imide groups is 1. The van der Waals surface area contributed by atoms with Gasteiger partial charge in [0.05, 0.1) is 35.1 Å². The molecule has 0 unspecified atom stereocenters. The van der Waals surface area contributed by atoms with E-state index < -0.39 is 23.4 Å². The number of rotatable bonds is 7. The molecule has 0 radical (unpaired) electrons.